The van der Waals surface area contributed by atoms with Gasteiger partial charge in [-0.3, -0.25) is 0 Å². The molecule has 1 fully saturated rings. The Balaban J connectivity index is 0.00000147. The van der Waals surface area contributed by atoms with Crippen LogP contribution in [0.4, 0.5) is 0 Å². The van der Waals surface area contributed by atoms with Gasteiger partial charge in [0.25, 0.3) is 0 Å². The minimum Gasteiger partial charge on any atom is -0.457 e. The summed E-state index contributed by atoms with van der Waals surface area (Å²) < 4.78 is 11.2. The van der Waals surface area contributed by atoms with Crippen molar-refractivity contribution in [2.45, 2.75) is 6.04 Å². The average molecular weight is 292 g/mol. The summed E-state index contributed by atoms with van der Waals surface area (Å²) in [4.78, 5) is 0. The number of ether oxygens (including phenoxy) is 2. The van der Waals surface area contributed by atoms with Crippen LogP contribution in [0.15, 0.2) is 54.6 Å². The molecule has 1 aliphatic heterocycles. The van der Waals surface area contributed by atoms with Gasteiger partial charge >= 0.3 is 0 Å². The molecule has 0 spiro atoms. The number of para-hydroxylation sites is 1. The van der Waals surface area contributed by atoms with E-state index in [0.717, 1.165) is 31.3 Å². The molecule has 0 unspecified atom stereocenters. The number of rotatable bonds is 3. The second-order valence-corrected chi connectivity index (χ2v) is 4.57. The molecule has 3 rings (SSSR count). The van der Waals surface area contributed by atoms with Crippen LogP contribution >= 0.6 is 12.4 Å². The van der Waals surface area contributed by atoms with Crippen molar-refractivity contribution in [2.75, 3.05) is 19.8 Å². The summed E-state index contributed by atoms with van der Waals surface area (Å²) in [5.74, 6) is 1.71. The van der Waals surface area contributed by atoms with Crippen LogP contribution in [0.3, 0.4) is 0 Å². The Hall–Kier alpha value is -1.55. The Kier molecular flexibility index (Phi) is 5.41. The van der Waals surface area contributed by atoms with E-state index >= 15 is 0 Å². The van der Waals surface area contributed by atoms with E-state index in [1.165, 1.54) is 5.56 Å². The maximum absolute atomic E-state index is 5.77. The fourth-order valence-corrected chi connectivity index (χ4v) is 2.17. The van der Waals surface area contributed by atoms with E-state index in [9.17, 15) is 0 Å². The molecular formula is C16H18ClNO2. The van der Waals surface area contributed by atoms with Gasteiger partial charge in [0, 0.05) is 6.54 Å². The molecule has 4 heteroatoms. The van der Waals surface area contributed by atoms with E-state index in [1.807, 2.05) is 42.5 Å². The molecule has 20 heavy (non-hydrogen) atoms. The first-order chi connectivity index (χ1) is 9.42. The fraction of sp³-hybridized carbons (Fsp3) is 0.250. The predicted molar refractivity (Wildman–Crippen MR) is 81.8 cm³/mol. The zero-order valence-corrected chi connectivity index (χ0v) is 11.9. The van der Waals surface area contributed by atoms with Crippen molar-refractivity contribution in [1.29, 1.82) is 0 Å². The summed E-state index contributed by atoms with van der Waals surface area (Å²) in [6.45, 7) is 2.44. The van der Waals surface area contributed by atoms with Crippen molar-refractivity contribution < 1.29 is 9.47 Å². The average Bonchev–Trinajstić information content (AvgIpc) is 2.50. The standard InChI is InChI=1S/C16H17NO2.ClH/c1-2-4-14(5-3-1)19-15-8-6-13(7-9-15)16-12-18-11-10-17-16;/h1-9,16-17H,10-12H2;1H/t16-;/m1./s1. The lowest BCUT2D eigenvalue weighted by Crippen LogP contribution is -2.34. The van der Waals surface area contributed by atoms with E-state index in [-0.39, 0.29) is 12.4 Å². The van der Waals surface area contributed by atoms with E-state index in [0.29, 0.717) is 6.04 Å². The number of hydrogen-bond donors (Lipinski definition) is 1. The van der Waals surface area contributed by atoms with Crippen molar-refractivity contribution in [2.24, 2.45) is 0 Å². The summed E-state index contributed by atoms with van der Waals surface area (Å²) in [6.07, 6.45) is 0. The topological polar surface area (TPSA) is 30.5 Å². The highest BCUT2D eigenvalue weighted by Crippen LogP contribution is 2.23. The minimum absolute atomic E-state index is 0. The fourth-order valence-electron chi connectivity index (χ4n) is 2.17. The smallest absolute Gasteiger partial charge is 0.127 e. The van der Waals surface area contributed by atoms with Crippen molar-refractivity contribution in [3.8, 4) is 11.5 Å². The number of hydrogen-bond acceptors (Lipinski definition) is 3. The van der Waals surface area contributed by atoms with Crippen LogP contribution in [0.2, 0.25) is 0 Å². The Bertz CT molecular complexity index is 510. The number of nitrogens with one attached hydrogen (secondary N) is 1. The van der Waals surface area contributed by atoms with Crippen LogP contribution in [0.1, 0.15) is 11.6 Å². The van der Waals surface area contributed by atoms with Crippen LogP contribution in [0.25, 0.3) is 0 Å². The zero-order chi connectivity index (χ0) is 12.9. The third-order valence-electron chi connectivity index (χ3n) is 3.18. The summed E-state index contributed by atoms with van der Waals surface area (Å²) >= 11 is 0. The first-order valence-electron chi connectivity index (χ1n) is 6.56. The predicted octanol–water partition coefficient (Wildman–Crippen LogP) is 3.56. The second-order valence-electron chi connectivity index (χ2n) is 4.57. The van der Waals surface area contributed by atoms with Crippen LogP contribution < -0.4 is 10.1 Å². The van der Waals surface area contributed by atoms with Crippen molar-refractivity contribution in [3.05, 3.63) is 60.2 Å². The van der Waals surface area contributed by atoms with E-state index < -0.39 is 0 Å². The maximum atomic E-state index is 5.77. The van der Waals surface area contributed by atoms with Gasteiger partial charge in [0.1, 0.15) is 11.5 Å². The molecule has 0 amide bonds. The third kappa shape index (κ3) is 3.73. The van der Waals surface area contributed by atoms with Gasteiger partial charge in [0.15, 0.2) is 0 Å². The molecule has 2 aromatic rings. The van der Waals surface area contributed by atoms with Crippen molar-refractivity contribution >= 4 is 12.4 Å². The molecule has 106 valence electrons. The molecular weight excluding hydrogens is 274 g/mol. The molecule has 0 radical (unpaired) electrons. The number of halogens is 1. The Morgan fingerprint density at radius 3 is 2.30 bits per heavy atom. The number of benzene rings is 2. The highest BCUT2D eigenvalue weighted by molar-refractivity contribution is 5.85. The Morgan fingerprint density at radius 1 is 0.950 bits per heavy atom. The SMILES string of the molecule is Cl.c1ccc(Oc2ccc([C@H]3COCCN3)cc2)cc1. The highest BCUT2D eigenvalue weighted by Gasteiger charge is 2.14. The lowest BCUT2D eigenvalue weighted by molar-refractivity contribution is 0.0769. The molecule has 0 aliphatic carbocycles. The molecule has 0 aromatic heterocycles. The van der Waals surface area contributed by atoms with E-state index in [2.05, 4.69) is 17.4 Å². The summed E-state index contributed by atoms with van der Waals surface area (Å²) in [6, 6.07) is 18.3. The lowest BCUT2D eigenvalue weighted by Gasteiger charge is -2.24. The minimum atomic E-state index is 0. The van der Waals surface area contributed by atoms with E-state index in [1.54, 1.807) is 0 Å². The Morgan fingerprint density at radius 2 is 1.65 bits per heavy atom. The molecule has 0 bridgehead atoms. The quantitative estimate of drug-likeness (QED) is 0.938. The first-order valence-corrected chi connectivity index (χ1v) is 6.56. The second kappa shape index (κ2) is 7.29. The van der Waals surface area contributed by atoms with Gasteiger partial charge in [-0.25, -0.2) is 0 Å². The molecule has 1 aliphatic rings. The summed E-state index contributed by atoms with van der Waals surface area (Å²) in [7, 11) is 0. The molecule has 1 atom stereocenters. The van der Waals surface area contributed by atoms with Crippen LogP contribution in [-0.2, 0) is 4.74 Å². The largest absolute Gasteiger partial charge is 0.457 e. The lowest BCUT2D eigenvalue weighted by atomic mass is 10.1. The Labute approximate surface area is 125 Å². The third-order valence-corrected chi connectivity index (χ3v) is 3.18. The van der Waals surface area contributed by atoms with Gasteiger partial charge in [-0.1, -0.05) is 30.3 Å². The molecule has 1 N–H and O–H groups in total. The maximum Gasteiger partial charge on any atom is 0.127 e. The highest BCUT2D eigenvalue weighted by atomic mass is 35.5. The summed E-state index contributed by atoms with van der Waals surface area (Å²) in [5, 5.41) is 3.44. The van der Waals surface area contributed by atoms with Gasteiger partial charge < -0.3 is 14.8 Å². The van der Waals surface area contributed by atoms with E-state index in [4.69, 9.17) is 9.47 Å². The zero-order valence-electron chi connectivity index (χ0n) is 11.1. The van der Waals surface area contributed by atoms with Gasteiger partial charge in [-0.2, -0.15) is 0 Å². The van der Waals surface area contributed by atoms with Crippen LogP contribution in [0, 0.1) is 0 Å². The van der Waals surface area contributed by atoms with Crippen molar-refractivity contribution in [1.82, 2.24) is 5.32 Å². The van der Waals surface area contributed by atoms with Gasteiger partial charge in [0.05, 0.1) is 19.3 Å². The molecule has 0 saturated carbocycles. The first kappa shape index (κ1) is 14.9. The molecule has 1 saturated heterocycles. The molecule has 3 nitrogen and oxygen atoms in total. The monoisotopic (exact) mass is 291 g/mol. The normalized spacial score (nSPS) is 18.1. The van der Waals surface area contributed by atoms with Crippen LogP contribution in [-0.4, -0.2) is 19.8 Å². The molecule has 2 aromatic carbocycles. The van der Waals surface area contributed by atoms with Gasteiger partial charge in [-0.05, 0) is 29.8 Å². The number of morpholine rings is 1. The summed E-state index contributed by atoms with van der Waals surface area (Å²) in [5.41, 5.74) is 1.24. The van der Waals surface area contributed by atoms with Gasteiger partial charge in [-0.15, -0.1) is 12.4 Å². The molecule has 1 heterocycles. The van der Waals surface area contributed by atoms with Crippen LogP contribution in [0.5, 0.6) is 11.5 Å². The van der Waals surface area contributed by atoms with Crippen molar-refractivity contribution in [3.63, 3.8) is 0 Å². The van der Waals surface area contributed by atoms with Gasteiger partial charge in [0.2, 0.25) is 0 Å².